The molecular weight excluding hydrogens is 372 g/mol. The maximum atomic E-state index is 12.8. The van der Waals surface area contributed by atoms with Gasteiger partial charge in [0.15, 0.2) is 11.5 Å². The second-order valence-electron chi connectivity index (χ2n) is 5.64. The highest BCUT2D eigenvalue weighted by atomic mass is 32.2. The van der Waals surface area contributed by atoms with E-state index in [4.69, 9.17) is 19.9 Å². The minimum atomic E-state index is -3.79. The van der Waals surface area contributed by atoms with Gasteiger partial charge in [0, 0.05) is 24.7 Å². The van der Waals surface area contributed by atoms with E-state index in [1.54, 1.807) is 12.1 Å². The van der Waals surface area contributed by atoms with Gasteiger partial charge >= 0.3 is 0 Å². The van der Waals surface area contributed by atoms with Gasteiger partial charge in [-0.05, 0) is 30.3 Å². The molecule has 1 amide bonds. The van der Waals surface area contributed by atoms with E-state index in [9.17, 15) is 13.2 Å². The zero-order valence-electron chi connectivity index (χ0n) is 15.6. The number of nitrogens with zero attached hydrogens (tertiary/aromatic N) is 1. The molecule has 0 bridgehead atoms. The van der Waals surface area contributed by atoms with Crippen LogP contribution in [0.4, 0.5) is 0 Å². The van der Waals surface area contributed by atoms with Crippen molar-refractivity contribution in [1.82, 2.24) is 4.31 Å². The Kier molecular flexibility index (Phi) is 6.29. The number of nitrogens with two attached hydrogens (primary N) is 1. The van der Waals surface area contributed by atoms with Crippen LogP contribution in [0, 0.1) is 0 Å². The number of benzene rings is 2. The number of carbonyl (C=O) groups excluding carboxylic acids is 1. The summed E-state index contributed by atoms with van der Waals surface area (Å²) in [6.07, 6.45) is 0. The van der Waals surface area contributed by atoms with Gasteiger partial charge in [-0.15, -0.1) is 0 Å². The number of amides is 1. The van der Waals surface area contributed by atoms with Crippen molar-refractivity contribution in [2.75, 3.05) is 28.4 Å². The minimum Gasteiger partial charge on any atom is -0.493 e. The highest BCUT2D eigenvalue weighted by Gasteiger charge is 2.24. The van der Waals surface area contributed by atoms with E-state index < -0.39 is 15.9 Å². The van der Waals surface area contributed by atoms with Gasteiger partial charge in [-0.2, -0.15) is 4.31 Å². The molecular formula is C18H22N2O6S. The molecule has 0 atom stereocenters. The van der Waals surface area contributed by atoms with Crippen LogP contribution < -0.4 is 19.9 Å². The first-order valence-electron chi connectivity index (χ1n) is 7.90. The Labute approximate surface area is 158 Å². The number of rotatable bonds is 8. The lowest BCUT2D eigenvalue weighted by Crippen LogP contribution is -2.27. The molecule has 0 aliphatic heterocycles. The summed E-state index contributed by atoms with van der Waals surface area (Å²) in [6.45, 7) is 0.0451. The largest absolute Gasteiger partial charge is 0.493 e. The summed E-state index contributed by atoms with van der Waals surface area (Å²) < 4.78 is 42.7. The van der Waals surface area contributed by atoms with Crippen molar-refractivity contribution in [1.29, 1.82) is 0 Å². The summed E-state index contributed by atoms with van der Waals surface area (Å²) in [5.41, 5.74) is 6.02. The van der Waals surface area contributed by atoms with Gasteiger partial charge in [-0.3, -0.25) is 4.79 Å². The van der Waals surface area contributed by atoms with Gasteiger partial charge < -0.3 is 19.9 Å². The van der Waals surface area contributed by atoms with Crippen LogP contribution in [0.5, 0.6) is 17.2 Å². The second kappa shape index (κ2) is 8.28. The predicted octanol–water partition coefficient (Wildman–Crippen LogP) is 1.63. The summed E-state index contributed by atoms with van der Waals surface area (Å²) >= 11 is 0. The van der Waals surface area contributed by atoms with E-state index in [0.717, 1.165) is 0 Å². The van der Waals surface area contributed by atoms with Gasteiger partial charge in [0.1, 0.15) is 0 Å². The molecule has 9 heteroatoms. The number of ether oxygens (including phenoxy) is 3. The Morgan fingerprint density at radius 2 is 1.56 bits per heavy atom. The van der Waals surface area contributed by atoms with E-state index >= 15 is 0 Å². The fourth-order valence-corrected chi connectivity index (χ4v) is 3.73. The molecule has 2 aromatic carbocycles. The molecule has 0 spiro atoms. The standard InChI is InChI=1S/C18H22N2O6S/c1-20(27(22,23)14-8-5-12(6-9-14)18(19)21)11-13-7-10-15(24-2)17(26-4)16(13)25-3/h5-10H,11H2,1-4H3,(H2,19,21). The van der Waals surface area contributed by atoms with Crippen molar-refractivity contribution in [2.24, 2.45) is 5.73 Å². The molecule has 0 heterocycles. The molecule has 0 radical (unpaired) electrons. The third-order valence-corrected chi connectivity index (χ3v) is 5.84. The zero-order chi connectivity index (χ0) is 20.2. The Balaban J connectivity index is 2.35. The van der Waals surface area contributed by atoms with E-state index in [-0.39, 0.29) is 17.0 Å². The predicted molar refractivity (Wildman–Crippen MR) is 99.7 cm³/mol. The molecule has 146 valence electrons. The molecule has 2 aromatic rings. The molecule has 8 nitrogen and oxygen atoms in total. The number of sulfonamides is 1. The number of hydrogen-bond acceptors (Lipinski definition) is 6. The lowest BCUT2D eigenvalue weighted by atomic mass is 10.1. The first-order valence-corrected chi connectivity index (χ1v) is 9.34. The summed E-state index contributed by atoms with van der Waals surface area (Å²) in [7, 11) is 2.12. The number of hydrogen-bond donors (Lipinski definition) is 1. The highest BCUT2D eigenvalue weighted by Crippen LogP contribution is 2.40. The average Bonchev–Trinajstić information content (AvgIpc) is 2.67. The monoisotopic (exact) mass is 394 g/mol. The van der Waals surface area contributed by atoms with Gasteiger partial charge in [0.25, 0.3) is 0 Å². The molecule has 0 aliphatic rings. The maximum absolute atomic E-state index is 12.8. The van der Waals surface area contributed by atoms with Gasteiger partial charge in [0.05, 0.1) is 26.2 Å². The molecule has 0 aliphatic carbocycles. The third kappa shape index (κ3) is 4.15. The van der Waals surface area contributed by atoms with Crippen LogP contribution in [0.2, 0.25) is 0 Å². The number of carbonyl (C=O) groups is 1. The molecule has 2 rings (SSSR count). The van der Waals surface area contributed by atoms with Crippen LogP contribution in [0.3, 0.4) is 0 Å². The van der Waals surface area contributed by atoms with Gasteiger partial charge in [-0.1, -0.05) is 6.07 Å². The van der Waals surface area contributed by atoms with E-state index in [0.29, 0.717) is 22.8 Å². The molecule has 2 N–H and O–H groups in total. The van der Waals surface area contributed by atoms with Crippen molar-refractivity contribution in [2.45, 2.75) is 11.4 Å². The molecule has 0 fully saturated rings. The van der Waals surface area contributed by atoms with Crippen LogP contribution in [0.1, 0.15) is 15.9 Å². The first-order chi connectivity index (χ1) is 12.8. The van der Waals surface area contributed by atoms with Crippen molar-refractivity contribution < 1.29 is 27.4 Å². The van der Waals surface area contributed by atoms with Crippen molar-refractivity contribution >= 4 is 15.9 Å². The van der Waals surface area contributed by atoms with E-state index in [1.165, 1.54) is 56.9 Å². The summed E-state index contributed by atoms with van der Waals surface area (Å²) in [5.74, 6) is 0.630. The molecule has 27 heavy (non-hydrogen) atoms. The smallest absolute Gasteiger partial charge is 0.248 e. The Morgan fingerprint density at radius 3 is 2.04 bits per heavy atom. The Hall–Kier alpha value is -2.78. The zero-order valence-corrected chi connectivity index (χ0v) is 16.4. The summed E-state index contributed by atoms with van der Waals surface area (Å²) in [4.78, 5) is 11.2. The van der Waals surface area contributed by atoms with Gasteiger partial charge in [0.2, 0.25) is 21.7 Å². The quantitative estimate of drug-likeness (QED) is 0.729. The summed E-state index contributed by atoms with van der Waals surface area (Å²) in [5, 5.41) is 0. The van der Waals surface area contributed by atoms with Crippen LogP contribution in [0.25, 0.3) is 0 Å². The first kappa shape index (κ1) is 20.5. The molecule has 0 saturated carbocycles. The molecule has 0 aromatic heterocycles. The molecule has 0 saturated heterocycles. The SMILES string of the molecule is COc1ccc(CN(C)S(=O)(=O)c2ccc(C(N)=O)cc2)c(OC)c1OC. The van der Waals surface area contributed by atoms with Crippen LogP contribution >= 0.6 is 0 Å². The normalized spacial score (nSPS) is 11.3. The minimum absolute atomic E-state index is 0.0451. The van der Waals surface area contributed by atoms with Crippen LogP contribution in [-0.2, 0) is 16.6 Å². The molecule has 0 unspecified atom stereocenters. The van der Waals surface area contributed by atoms with Crippen molar-refractivity contribution in [3.8, 4) is 17.2 Å². The second-order valence-corrected chi connectivity index (χ2v) is 7.69. The highest BCUT2D eigenvalue weighted by molar-refractivity contribution is 7.89. The van der Waals surface area contributed by atoms with Crippen LogP contribution in [0.15, 0.2) is 41.3 Å². The number of primary amides is 1. The Bertz CT molecular complexity index is 926. The van der Waals surface area contributed by atoms with Gasteiger partial charge in [-0.25, -0.2) is 8.42 Å². The summed E-state index contributed by atoms with van der Waals surface area (Å²) in [6, 6.07) is 8.83. The van der Waals surface area contributed by atoms with E-state index in [2.05, 4.69) is 0 Å². The third-order valence-electron chi connectivity index (χ3n) is 4.03. The van der Waals surface area contributed by atoms with Crippen molar-refractivity contribution in [3.63, 3.8) is 0 Å². The maximum Gasteiger partial charge on any atom is 0.248 e. The Morgan fingerprint density at radius 1 is 0.963 bits per heavy atom. The average molecular weight is 394 g/mol. The fourth-order valence-electron chi connectivity index (χ4n) is 2.58. The van der Waals surface area contributed by atoms with Crippen molar-refractivity contribution in [3.05, 3.63) is 47.5 Å². The lowest BCUT2D eigenvalue weighted by molar-refractivity contribution is 0.1000. The topological polar surface area (TPSA) is 108 Å². The number of methoxy groups -OCH3 is 3. The van der Waals surface area contributed by atoms with Crippen LogP contribution in [-0.4, -0.2) is 47.0 Å². The van der Waals surface area contributed by atoms with E-state index in [1.807, 2.05) is 0 Å². The lowest BCUT2D eigenvalue weighted by Gasteiger charge is -2.21. The fraction of sp³-hybridized carbons (Fsp3) is 0.278.